The standard InChI is InChI=1S/C61H52BN3/c1-60(2,3)46-21-24-55-53(37-46)62-52-17-10-16-51-59(52)65(54-18-8-7-15-50(54)61(51)47-30-38-29-39(32-47)33-48(61)31-38)57-36-45(42-25-27-63-28-26-42)35-56(58(57)62)64(55)49-22-19-41(20-23-49)44-14-9-13-43(34-44)40-11-5-4-6-12-40/h4-28,34-39,47-48H,29-33H2,1-3H3. The quantitative estimate of drug-likeness (QED) is 0.165. The smallest absolute Gasteiger partial charge is 0.252 e. The first-order valence-electron chi connectivity index (χ1n) is 24.1. The predicted molar refractivity (Wildman–Crippen MR) is 271 cm³/mol. The summed E-state index contributed by atoms with van der Waals surface area (Å²) in [6.07, 6.45) is 10.8. The van der Waals surface area contributed by atoms with E-state index in [-0.39, 0.29) is 17.5 Å². The van der Waals surface area contributed by atoms with Crippen LogP contribution >= 0.6 is 0 Å². The molecule has 4 fully saturated rings. The minimum absolute atomic E-state index is 0.00962. The third kappa shape index (κ3) is 5.34. The van der Waals surface area contributed by atoms with Crippen LogP contribution in [0.25, 0.3) is 33.4 Å². The maximum atomic E-state index is 4.48. The molecule has 1 spiro atoms. The van der Waals surface area contributed by atoms with Crippen LogP contribution in [0.15, 0.2) is 176 Å². The molecule has 3 aliphatic heterocycles. The minimum Gasteiger partial charge on any atom is -0.311 e. The molecule has 314 valence electrons. The van der Waals surface area contributed by atoms with Gasteiger partial charge < -0.3 is 9.80 Å². The van der Waals surface area contributed by atoms with E-state index < -0.39 is 0 Å². The molecule has 7 aromatic carbocycles. The fourth-order valence-corrected chi connectivity index (χ4v) is 14.4. The highest BCUT2D eigenvalue weighted by molar-refractivity contribution is 7.00. The van der Waals surface area contributed by atoms with Crippen LogP contribution in [-0.2, 0) is 10.8 Å². The molecular formula is C61H52BN3. The van der Waals surface area contributed by atoms with E-state index >= 15 is 0 Å². The Balaban J connectivity index is 1.02. The number of hydrogen-bond acceptors (Lipinski definition) is 3. The van der Waals surface area contributed by atoms with Gasteiger partial charge in [0.25, 0.3) is 6.71 Å². The van der Waals surface area contributed by atoms with Crippen LogP contribution in [0.3, 0.4) is 0 Å². The number of fused-ring (bicyclic) bond motifs is 6. The molecule has 4 aliphatic carbocycles. The Morgan fingerprint density at radius 1 is 0.477 bits per heavy atom. The Bertz CT molecular complexity index is 3190. The summed E-state index contributed by atoms with van der Waals surface area (Å²) in [5.74, 6) is 3.14. The van der Waals surface area contributed by atoms with Gasteiger partial charge in [-0.1, -0.05) is 130 Å². The Labute approximate surface area is 383 Å². The Morgan fingerprint density at radius 3 is 1.82 bits per heavy atom. The number of nitrogens with zero attached hydrogens (tertiary/aromatic N) is 3. The summed E-state index contributed by atoms with van der Waals surface area (Å²) < 4.78 is 0. The molecule has 4 saturated carbocycles. The molecule has 0 saturated heterocycles. The molecule has 3 nitrogen and oxygen atoms in total. The molecule has 8 aromatic rings. The summed E-state index contributed by atoms with van der Waals surface area (Å²) in [6, 6.07) is 62.9. The van der Waals surface area contributed by atoms with E-state index in [9.17, 15) is 0 Å². The van der Waals surface area contributed by atoms with Crippen LogP contribution in [-0.4, -0.2) is 11.7 Å². The molecule has 0 N–H and O–H groups in total. The normalized spacial score (nSPS) is 22.7. The minimum atomic E-state index is -0.00962. The molecule has 0 radical (unpaired) electrons. The highest BCUT2D eigenvalue weighted by Gasteiger charge is 2.62. The Morgan fingerprint density at radius 2 is 1.09 bits per heavy atom. The van der Waals surface area contributed by atoms with Gasteiger partial charge in [0, 0.05) is 46.2 Å². The molecule has 4 bridgehead atoms. The van der Waals surface area contributed by atoms with Crippen LogP contribution in [0.5, 0.6) is 0 Å². The molecule has 0 unspecified atom stereocenters. The summed E-state index contributed by atoms with van der Waals surface area (Å²) >= 11 is 0. The second-order valence-corrected chi connectivity index (χ2v) is 21.2. The molecule has 15 rings (SSSR count). The zero-order valence-electron chi connectivity index (χ0n) is 37.5. The van der Waals surface area contributed by atoms with Crippen LogP contribution in [0.2, 0.25) is 0 Å². The molecule has 0 amide bonds. The Kier molecular flexibility index (Phi) is 7.94. The number of anilines is 6. The monoisotopic (exact) mass is 837 g/mol. The largest absolute Gasteiger partial charge is 0.311 e. The third-order valence-electron chi connectivity index (χ3n) is 16.9. The van der Waals surface area contributed by atoms with Gasteiger partial charge in [-0.05, 0) is 182 Å². The van der Waals surface area contributed by atoms with E-state index in [1.165, 1.54) is 116 Å². The van der Waals surface area contributed by atoms with Crippen molar-refractivity contribution in [3.63, 3.8) is 0 Å². The van der Waals surface area contributed by atoms with Gasteiger partial charge in [0.1, 0.15) is 0 Å². The predicted octanol–water partition coefficient (Wildman–Crippen LogP) is 13.5. The van der Waals surface area contributed by atoms with Crippen molar-refractivity contribution in [1.82, 2.24) is 4.98 Å². The first-order valence-corrected chi connectivity index (χ1v) is 24.1. The third-order valence-corrected chi connectivity index (χ3v) is 16.9. The van der Waals surface area contributed by atoms with E-state index in [0.717, 1.165) is 17.5 Å². The highest BCUT2D eigenvalue weighted by Crippen LogP contribution is 2.69. The van der Waals surface area contributed by atoms with Gasteiger partial charge in [-0.15, -0.1) is 0 Å². The zero-order valence-corrected chi connectivity index (χ0v) is 37.5. The average Bonchev–Trinajstić information content (AvgIpc) is 3.34. The topological polar surface area (TPSA) is 19.4 Å². The number of rotatable bonds is 4. The van der Waals surface area contributed by atoms with Crippen molar-refractivity contribution < 1.29 is 0 Å². The summed E-state index contributed by atoms with van der Waals surface area (Å²) in [5, 5.41) is 0. The second-order valence-electron chi connectivity index (χ2n) is 21.2. The van der Waals surface area contributed by atoms with Crippen molar-refractivity contribution in [3.8, 4) is 33.4 Å². The fourth-order valence-electron chi connectivity index (χ4n) is 14.4. The van der Waals surface area contributed by atoms with E-state index in [0.29, 0.717) is 11.8 Å². The number of pyridine rings is 1. The van der Waals surface area contributed by atoms with Crippen LogP contribution in [0, 0.1) is 23.7 Å². The van der Waals surface area contributed by atoms with E-state index in [2.05, 4.69) is 199 Å². The van der Waals surface area contributed by atoms with Gasteiger partial charge in [0.15, 0.2) is 0 Å². The maximum absolute atomic E-state index is 4.48. The van der Waals surface area contributed by atoms with E-state index in [1.807, 2.05) is 12.4 Å². The van der Waals surface area contributed by atoms with Gasteiger partial charge >= 0.3 is 0 Å². The van der Waals surface area contributed by atoms with Crippen LogP contribution in [0.4, 0.5) is 34.1 Å². The van der Waals surface area contributed by atoms with Crippen molar-refractivity contribution in [1.29, 1.82) is 0 Å². The van der Waals surface area contributed by atoms with Crippen molar-refractivity contribution in [2.75, 3.05) is 9.80 Å². The number of benzene rings is 7. The van der Waals surface area contributed by atoms with E-state index in [1.54, 1.807) is 11.1 Å². The summed E-state index contributed by atoms with van der Waals surface area (Å²) in [5.41, 5.74) is 23.9. The summed E-state index contributed by atoms with van der Waals surface area (Å²) in [7, 11) is 0. The molecular weight excluding hydrogens is 786 g/mol. The van der Waals surface area contributed by atoms with Crippen LogP contribution in [0.1, 0.15) is 69.6 Å². The van der Waals surface area contributed by atoms with Crippen molar-refractivity contribution >= 4 is 57.2 Å². The van der Waals surface area contributed by atoms with E-state index in [4.69, 9.17) is 0 Å². The summed E-state index contributed by atoms with van der Waals surface area (Å²) in [4.78, 5) is 9.79. The van der Waals surface area contributed by atoms with Crippen molar-refractivity contribution in [2.24, 2.45) is 23.7 Å². The molecule has 4 heterocycles. The SMILES string of the molecule is CC(C)(C)c1ccc2c(c1)B1c3cccc4c3N(c3ccccc3C43C4CC5CC(C4)CC3C5)c3cc(-c4ccncc4)cc(c31)N2c1ccc(-c2cccc(-c3ccccc3)c2)cc1. The average molecular weight is 838 g/mol. The van der Waals surface area contributed by atoms with Gasteiger partial charge in [-0.3, -0.25) is 4.98 Å². The molecule has 0 atom stereocenters. The zero-order chi connectivity index (χ0) is 43.2. The van der Waals surface area contributed by atoms with Crippen molar-refractivity contribution in [3.05, 3.63) is 193 Å². The maximum Gasteiger partial charge on any atom is 0.252 e. The molecule has 65 heavy (non-hydrogen) atoms. The van der Waals surface area contributed by atoms with Crippen LogP contribution < -0.4 is 26.2 Å². The lowest BCUT2D eigenvalue weighted by atomic mass is 9.32. The number of hydrogen-bond donors (Lipinski definition) is 0. The van der Waals surface area contributed by atoms with Gasteiger partial charge in [-0.25, -0.2) is 0 Å². The highest BCUT2D eigenvalue weighted by atomic mass is 15.2. The first-order chi connectivity index (χ1) is 31.8. The fraction of sp³-hybridized carbons (Fsp3) is 0.230. The molecule has 1 aromatic heterocycles. The summed E-state index contributed by atoms with van der Waals surface area (Å²) in [6.45, 7) is 7.16. The van der Waals surface area contributed by atoms with Gasteiger partial charge in [0.05, 0.1) is 5.69 Å². The number of para-hydroxylation sites is 2. The number of aromatic nitrogens is 1. The van der Waals surface area contributed by atoms with Crippen molar-refractivity contribution in [2.45, 2.75) is 63.7 Å². The Hall–Kier alpha value is -6.65. The van der Waals surface area contributed by atoms with Gasteiger partial charge in [0.2, 0.25) is 0 Å². The molecule has 7 aliphatic rings. The first kappa shape index (κ1) is 37.7. The lowest BCUT2D eigenvalue weighted by Gasteiger charge is -2.64. The molecule has 4 heteroatoms. The lowest BCUT2D eigenvalue weighted by Crippen LogP contribution is -2.64. The second kappa shape index (κ2) is 13.7. The lowest BCUT2D eigenvalue weighted by molar-refractivity contribution is -0.0419. The van der Waals surface area contributed by atoms with Gasteiger partial charge in [-0.2, -0.15) is 0 Å².